The van der Waals surface area contributed by atoms with Crippen LogP contribution in [0.15, 0.2) is 53.0 Å². The van der Waals surface area contributed by atoms with E-state index in [4.69, 9.17) is 0 Å². The molecule has 0 aromatic heterocycles. The fraction of sp³-hybridized carbons (Fsp3) is 0.0714. The molecule has 2 amide bonds. The van der Waals surface area contributed by atoms with Crippen LogP contribution in [0.25, 0.3) is 0 Å². The van der Waals surface area contributed by atoms with Crippen LogP contribution in [-0.2, 0) is 6.54 Å². The number of amides is 2. The van der Waals surface area contributed by atoms with Gasteiger partial charge in [0.25, 0.3) is 5.69 Å². The van der Waals surface area contributed by atoms with E-state index in [1.807, 2.05) is 30.3 Å². The van der Waals surface area contributed by atoms with Gasteiger partial charge in [0.15, 0.2) is 0 Å². The number of nitro groups is 1. The number of nitro benzene ring substituents is 1. The Morgan fingerprint density at radius 1 is 1.19 bits per heavy atom. The highest BCUT2D eigenvalue weighted by Crippen LogP contribution is 2.26. The topological polar surface area (TPSA) is 84.3 Å². The van der Waals surface area contributed by atoms with E-state index in [0.717, 1.165) is 5.56 Å². The van der Waals surface area contributed by atoms with Crippen molar-refractivity contribution in [1.29, 1.82) is 0 Å². The second-order valence-electron chi connectivity index (χ2n) is 4.21. The molecule has 21 heavy (non-hydrogen) atoms. The summed E-state index contributed by atoms with van der Waals surface area (Å²) in [5.74, 6) is 0. The normalized spacial score (nSPS) is 9.95. The Balaban J connectivity index is 1.95. The van der Waals surface area contributed by atoms with Gasteiger partial charge in [-0.25, -0.2) is 4.79 Å². The minimum atomic E-state index is -0.496. The standard InChI is InChI=1S/C14H12BrN3O3/c15-12-8-11(18(20)21)6-7-13(12)17-14(19)16-9-10-4-2-1-3-5-10/h1-8H,9H2,(H2,16,17,19). The van der Waals surface area contributed by atoms with Gasteiger partial charge in [-0.05, 0) is 27.6 Å². The lowest BCUT2D eigenvalue weighted by atomic mass is 10.2. The summed E-state index contributed by atoms with van der Waals surface area (Å²) in [6.07, 6.45) is 0. The number of hydrogen-bond acceptors (Lipinski definition) is 3. The second kappa shape index (κ2) is 6.85. The van der Waals surface area contributed by atoms with Crippen molar-refractivity contribution in [2.24, 2.45) is 0 Å². The summed E-state index contributed by atoms with van der Waals surface area (Å²) in [5.41, 5.74) is 1.40. The number of carbonyl (C=O) groups is 1. The number of anilines is 1. The third-order valence-corrected chi connectivity index (χ3v) is 3.36. The molecule has 0 radical (unpaired) electrons. The molecule has 7 heteroatoms. The molecule has 0 saturated heterocycles. The summed E-state index contributed by atoms with van der Waals surface area (Å²) >= 11 is 3.19. The van der Waals surface area contributed by atoms with Crippen LogP contribution >= 0.6 is 15.9 Å². The number of nitrogens with zero attached hydrogens (tertiary/aromatic N) is 1. The first-order valence-electron chi connectivity index (χ1n) is 6.09. The third-order valence-electron chi connectivity index (χ3n) is 2.71. The largest absolute Gasteiger partial charge is 0.334 e. The first kappa shape index (κ1) is 15.0. The lowest BCUT2D eigenvalue weighted by molar-refractivity contribution is -0.384. The van der Waals surface area contributed by atoms with E-state index in [2.05, 4.69) is 26.6 Å². The van der Waals surface area contributed by atoms with Crippen LogP contribution in [0.2, 0.25) is 0 Å². The molecule has 0 aliphatic carbocycles. The van der Waals surface area contributed by atoms with Gasteiger partial charge in [-0.2, -0.15) is 0 Å². The minimum Gasteiger partial charge on any atom is -0.334 e. The van der Waals surface area contributed by atoms with Crippen molar-refractivity contribution in [2.45, 2.75) is 6.54 Å². The number of benzene rings is 2. The fourth-order valence-corrected chi connectivity index (χ4v) is 2.13. The SMILES string of the molecule is O=C(NCc1ccccc1)Nc1ccc([N+](=O)[O-])cc1Br. The highest BCUT2D eigenvalue weighted by molar-refractivity contribution is 9.10. The number of carbonyl (C=O) groups excluding carboxylic acids is 1. The highest BCUT2D eigenvalue weighted by Gasteiger charge is 2.10. The molecule has 2 rings (SSSR count). The smallest absolute Gasteiger partial charge is 0.319 e. The summed E-state index contributed by atoms with van der Waals surface area (Å²) in [4.78, 5) is 21.9. The first-order valence-corrected chi connectivity index (χ1v) is 6.88. The maximum atomic E-state index is 11.8. The Morgan fingerprint density at radius 2 is 1.90 bits per heavy atom. The predicted octanol–water partition coefficient (Wildman–Crippen LogP) is 3.68. The van der Waals surface area contributed by atoms with Crippen LogP contribution in [0.4, 0.5) is 16.2 Å². The van der Waals surface area contributed by atoms with E-state index >= 15 is 0 Å². The molecule has 0 spiro atoms. The molecule has 0 bridgehead atoms. The van der Waals surface area contributed by atoms with Crippen molar-refractivity contribution in [3.63, 3.8) is 0 Å². The van der Waals surface area contributed by atoms with E-state index in [9.17, 15) is 14.9 Å². The van der Waals surface area contributed by atoms with Gasteiger partial charge in [-0.15, -0.1) is 0 Å². The van der Waals surface area contributed by atoms with Crippen molar-refractivity contribution >= 4 is 33.3 Å². The summed E-state index contributed by atoms with van der Waals surface area (Å²) in [7, 11) is 0. The van der Waals surface area contributed by atoms with Crippen LogP contribution in [0.1, 0.15) is 5.56 Å². The molecule has 2 aromatic carbocycles. The molecular weight excluding hydrogens is 338 g/mol. The van der Waals surface area contributed by atoms with Gasteiger partial charge in [0.05, 0.1) is 10.6 Å². The number of halogens is 1. The molecule has 0 saturated carbocycles. The predicted molar refractivity (Wildman–Crippen MR) is 83.1 cm³/mol. The maximum Gasteiger partial charge on any atom is 0.319 e. The Labute approximate surface area is 129 Å². The van der Waals surface area contributed by atoms with Crippen LogP contribution in [0.3, 0.4) is 0 Å². The Kier molecular flexibility index (Phi) is 4.89. The van der Waals surface area contributed by atoms with E-state index in [0.29, 0.717) is 16.7 Å². The molecule has 0 aliphatic rings. The van der Waals surface area contributed by atoms with Crippen molar-refractivity contribution in [1.82, 2.24) is 5.32 Å². The van der Waals surface area contributed by atoms with Crippen LogP contribution in [-0.4, -0.2) is 11.0 Å². The van der Waals surface area contributed by atoms with Crippen molar-refractivity contribution < 1.29 is 9.72 Å². The monoisotopic (exact) mass is 349 g/mol. The Bertz CT molecular complexity index is 662. The second-order valence-corrected chi connectivity index (χ2v) is 5.07. The molecule has 0 aliphatic heterocycles. The molecule has 0 atom stereocenters. The molecule has 2 aromatic rings. The van der Waals surface area contributed by atoms with Gasteiger partial charge in [0.2, 0.25) is 0 Å². The van der Waals surface area contributed by atoms with Gasteiger partial charge in [-0.1, -0.05) is 30.3 Å². The van der Waals surface area contributed by atoms with Crippen LogP contribution in [0, 0.1) is 10.1 Å². The van der Waals surface area contributed by atoms with Gasteiger partial charge in [-0.3, -0.25) is 10.1 Å². The lowest BCUT2D eigenvalue weighted by Gasteiger charge is -2.09. The zero-order chi connectivity index (χ0) is 15.2. The van der Waals surface area contributed by atoms with Gasteiger partial charge < -0.3 is 10.6 Å². The summed E-state index contributed by atoms with van der Waals surface area (Å²) in [6, 6.07) is 13.3. The lowest BCUT2D eigenvalue weighted by Crippen LogP contribution is -2.28. The average molecular weight is 350 g/mol. The van der Waals surface area contributed by atoms with Crippen LogP contribution < -0.4 is 10.6 Å². The number of hydrogen-bond donors (Lipinski definition) is 2. The molecular formula is C14H12BrN3O3. The molecule has 108 valence electrons. The number of rotatable bonds is 4. The molecule has 2 N–H and O–H groups in total. The molecule has 6 nitrogen and oxygen atoms in total. The zero-order valence-corrected chi connectivity index (χ0v) is 12.5. The van der Waals surface area contributed by atoms with Crippen LogP contribution in [0.5, 0.6) is 0 Å². The van der Waals surface area contributed by atoms with Crippen molar-refractivity contribution in [3.05, 3.63) is 68.7 Å². The quantitative estimate of drug-likeness (QED) is 0.652. The fourth-order valence-electron chi connectivity index (χ4n) is 1.66. The summed E-state index contributed by atoms with van der Waals surface area (Å²) < 4.78 is 0.451. The van der Waals surface area contributed by atoms with Crippen molar-refractivity contribution in [3.8, 4) is 0 Å². The van der Waals surface area contributed by atoms with E-state index in [1.54, 1.807) is 0 Å². The maximum absolute atomic E-state index is 11.8. The molecule has 0 fully saturated rings. The molecule has 0 heterocycles. The summed E-state index contributed by atoms with van der Waals surface area (Å²) in [6.45, 7) is 0.400. The number of urea groups is 1. The highest BCUT2D eigenvalue weighted by atomic mass is 79.9. The van der Waals surface area contributed by atoms with Gasteiger partial charge in [0.1, 0.15) is 0 Å². The van der Waals surface area contributed by atoms with E-state index < -0.39 is 4.92 Å². The number of nitrogens with one attached hydrogen (secondary N) is 2. The van der Waals surface area contributed by atoms with E-state index in [-0.39, 0.29) is 11.7 Å². The first-order chi connectivity index (χ1) is 10.1. The molecule has 0 unspecified atom stereocenters. The third kappa shape index (κ3) is 4.28. The summed E-state index contributed by atoms with van der Waals surface area (Å²) in [5, 5.41) is 16.0. The number of non-ortho nitro benzene ring substituents is 1. The Morgan fingerprint density at radius 3 is 2.52 bits per heavy atom. The zero-order valence-electron chi connectivity index (χ0n) is 10.9. The van der Waals surface area contributed by atoms with Crippen molar-refractivity contribution in [2.75, 3.05) is 5.32 Å². The average Bonchev–Trinajstić information content (AvgIpc) is 2.48. The minimum absolute atomic E-state index is 0.0443. The van der Waals surface area contributed by atoms with Gasteiger partial charge in [0, 0.05) is 23.2 Å². The van der Waals surface area contributed by atoms with E-state index in [1.165, 1.54) is 18.2 Å². The Hall–Kier alpha value is -2.41. The van der Waals surface area contributed by atoms with Gasteiger partial charge >= 0.3 is 6.03 Å².